The Morgan fingerprint density at radius 3 is 1.95 bits per heavy atom. The van der Waals surface area contributed by atoms with E-state index >= 15 is 4.39 Å². The van der Waals surface area contributed by atoms with Crippen molar-refractivity contribution in [1.29, 1.82) is 0 Å². The Hall–Kier alpha value is -9.15. The van der Waals surface area contributed by atoms with Crippen LogP contribution in [-0.4, -0.2) is 157 Å². The Morgan fingerprint density at radius 2 is 1.35 bits per heavy atom. The van der Waals surface area contributed by atoms with E-state index < -0.39 is 182 Å². The highest BCUT2D eigenvalue weighted by Gasteiger charge is 2.39. The molecule has 0 radical (unpaired) electrons. The van der Waals surface area contributed by atoms with Crippen molar-refractivity contribution in [2.75, 3.05) is 19.7 Å². The van der Waals surface area contributed by atoms with E-state index in [2.05, 4.69) is 31.9 Å². The molecule has 6 atom stereocenters. The molecule has 0 unspecified atom stereocenters. The van der Waals surface area contributed by atoms with Crippen LogP contribution < -0.4 is 37.6 Å². The molecular formula is C55H70F2N10O17. The lowest BCUT2D eigenvalue weighted by Crippen LogP contribution is -2.58. The average Bonchev–Trinajstić information content (AvgIpc) is 2.02. The molecule has 27 nitrogen and oxygen atoms in total. The fourth-order valence-electron chi connectivity index (χ4n) is 8.81. The molecular weight excluding hydrogens is 1110 g/mol. The van der Waals surface area contributed by atoms with Gasteiger partial charge in [-0.1, -0.05) is 51.1 Å². The summed E-state index contributed by atoms with van der Waals surface area (Å²) in [5.41, 5.74) is 5.75. The first-order valence-corrected chi connectivity index (χ1v) is 26.7. The second-order valence-electron chi connectivity index (χ2n) is 20.8. The zero-order valence-corrected chi connectivity index (χ0v) is 46.9. The number of imide groups is 1. The summed E-state index contributed by atoms with van der Waals surface area (Å²) in [5.74, 6) is -14.6. The lowest BCUT2D eigenvalue weighted by atomic mass is 9.82. The van der Waals surface area contributed by atoms with Crippen LogP contribution in [-0.2, 0) is 73.7 Å². The minimum Gasteiger partial charge on any atom is -0.481 e. The van der Waals surface area contributed by atoms with Crippen molar-refractivity contribution in [3.8, 4) is 11.1 Å². The van der Waals surface area contributed by atoms with E-state index in [1.54, 1.807) is 55.8 Å². The maximum absolute atomic E-state index is 15.4. The van der Waals surface area contributed by atoms with Crippen LogP contribution in [0.3, 0.4) is 0 Å². The monoisotopic (exact) mass is 1180 g/mol. The SMILES string of the molecule is C[C@H](NC(=O)CCCC(=O)ON1C(=O)CCC1=O)C(=O)N[C@@H](C)C(=O)N[C@@H](CC(N)=O)C(=O)N[C@@H](CCN(C(=O)CO)[C@@H](c1cc(-c2cc(F)ccc2F)cn1Cc1ccccc1)C(C)(C)C)C(=O)NCCC(=O)N[C@H](CCC(=O)O)C(=O)O. The largest absolute Gasteiger partial charge is 0.481 e. The highest BCUT2D eigenvalue weighted by molar-refractivity contribution is 6.02. The summed E-state index contributed by atoms with van der Waals surface area (Å²) in [5, 5.41) is 43.4. The summed E-state index contributed by atoms with van der Waals surface area (Å²) in [7, 11) is 0. The van der Waals surface area contributed by atoms with Crippen LogP contribution in [0.15, 0.2) is 60.8 Å². The number of nitrogens with two attached hydrogens (primary N) is 1. The lowest BCUT2D eigenvalue weighted by Gasteiger charge is -2.41. The van der Waals surface area contributed by atoms with Crippen LogP contribution in [0.5, 0.6) is 0 Å². The van der Waals surface area contributed by atoms with Crippen molar-refractivity contribution in [2.45, 2.75) is 142 Å². The molecule has 1 fully saturated rings. The summed E-state index contributed by atoms with van der Waals surface area (Å²) in [4.78, 5) is 171. The fraction of sp³-hybridized carbons (Fsp3) is 0.473. The van der Waals surface area contributed by atoms with Gasteiger partial charge in [0.05, 0.1) is 12.5 Å². The lowest BCUT2D eigenvalue weighted by molar-refractivity contribution is -0.197. The number of nitrogens with zero attached hydrogens (tertiary/aromatic N) is 3. The van der Waals surface area contributed by atoms with Crippen LogP contribution in [0.4, 0.5) is 8.78 Å². The van der Waals surface area contributed by atoms with Crippen LogP contribution in [0.25, 0.3) is 11.1 Å². The van der Waals surface area contributed by atoms with Crippen LogP contribution >= 0.6 is 0 Å². The third kappa shape index (κ3) is 20.7. The summed E-state index contributed by atoms with van der Waals surface area (Å²) < 4.78 is 31.8. The van der Waals surface area contributed by atoms with Gasteiger partial charge >= 0.3 is 17.9 Å². The van der Waals surface area contributed by atoms with E-state index in [-0.39, 0.29) is 49.8 Å². The summed E-state index contributed by atoms with van der Waals surface area (Å²) >= 11 is 0. The van der Waals surface area contributed by atoms with Gasteiger partial charge in [0.25, 0.3) is 11.8 Å². The van der Waals surface area contributed by atoms with Gasteiger partial charge < -0.3 is 67.3 Å². The Labute approximate surface area is 480 Å². The quantitative estimate of drug-likeness (QED) is 0.0377. The van der Waals surface area contributed by atoms with Gasteiger partial charge in [0.1, 0.15) is 48.5 Å². The highest BCUT2D eigenvalue weighted by atomic mass is 19.1. The van der Waals surface area contributed by atoms with Crippen molar-refractivity contribution in [1.82, 2.24) is 46.4 Å². The van der Waals surface area contributed by atoms with E-state index in [9.17, 15) is 76.9 Å². The molecule has 1 aliphatic rings. The third-order valence-corrected chi connectivity index (χ3v) is 13.0. The maximum Gasteiger partial charge on any atom is 0.333 e. The van der Waals surface area contributed by atoms with E-state index in [0.717, 1.165) is 23.8 Å². The van der Waals surface area contributed by atoms with Gasteiger partial charge in [0.2, 0.25) is 47.3 Å². The molecule has 0 aliphatic carbocycles. The first-order chi connectivity index (χ1) is 39.5. The van der Waals surface area contributed by atoms with E-state index in [0.29, 0.717) is 10.8 Å². The standard InChI is InChI=1S/C55H70F2N10O17/c1-30(60-42(70)12-9-13-48(77)84-67-44(72)17-18-45(67)73)50(78)61-31(2)51(79)64-39(26-41(58)69)53(81)63-37(52(80)59-22-20-43(71)62-38(54(82)83)16-19-47(75)76)21-23-66(46(74)29-68)49(55(3,4)5)40-24-33(35-25-34(56)14-15-36(35)57)28-65(40)27-32-10-7-6-8-11-32/h6-8,10-11,14-15,24-25,28,30-31,37-39,49,68H,9,12-13,16-23,26-27,29H2,1-5H3,(H2,58,69)(H,59,80)(H,60,70)(H,61,78)(H,62,71)(H,63,81)(H,64,79)(H,75,76)(H,82,83)/t30-,31-,37-,38+,39-,49-/m0/s1. The van der Waals surface area contributed by atoms with Gasteiger partial charge in [0.15, 0.2) is 0 Å². The average molecular weight is 1180 g/mol. The molecule has 1 saturated heterocycles. The van der Waals surface area contributed by atoms with Gasteiger partial charge in [0, 0.05) is 81.2 Å². The molecule has 3 aromatic rings. The molecule has 4 rings (SSSR count). The molecule has 2 aromatic carbocycles. The number of hydroxylamine groups is 2. The number of amides is 10. The number of benzene rings is 2. The number of halogens is 2. The van der Waals surface area contributed by atoms with E-state index in [1.807, 2.05) is 12.1 Å². The number of hydrogen-bond donors (Lipinski definition) is 10. The number of aromatic nitrogens is 1. The molecule has 1 aromatic heterocycles. The molecule has 10 amide bonds. The predicted molar refractivity (Wildman–Crippen MR) is 289 cm³/mol. The molecule has 1 aliphatic heterocycles. The first-order valence-electron chi connectivity index (χ1n) is 26.7. The molecule has 456 valence electrons. The smallest absolute Gasteiger partial charge is 0.333 e. The van der Waals surface area contributed by atoms with Gasteiger partial charge in [-0.05, 0) is 68.4 Å². The summed E-state index contributed by atoms with van der Waals surface area (Å²) in [6, 6.07) is 4.41. The second kappa shape index (κ2) is 31.3. The van der Waals surface area contributed by atoms with E-state index in [1.165, 1.54) is 18.7 Å². The number of aliphatic hydroxyl groups is 1. The Bertz CT molecular complexity index is 2930. The maximum atomic E-state index is 15.4. The third-order valence-electron chi connectivity index (χ3n) is 13.0. The topological polar surface area (TPSA) is 401 Å². The molecule has 84 heavy (non-hydrogen) atoms. The number of aliphatic carboxylic acids is 2. The number of rotatable bonds is 32. The van der Waals surface area contributed by atoms with Crippen molar-refractivity contribution < 1.29 is 91.3 Å². The van der Waals surface area contributed by atoms with Gasteiger partial charge in [-0.3, -0.25) is 52.7 Å². The second-order valence-corrected chi connectivity index (χ2v) is 20.8. The number of nitrogens with one attached hydrogen (secondary N) is 6. The number of carbonyl (C=O) groups is 13. The molecule has 2 heterocycles. The Morgan fingerprint density at radius 1 is 0.726 bits per heavy atom. The van der Waals surface area contributed by atoms with Crippen molar-refractivity contribution in [3.63, 3.8) is 0 Å². The minimum atomic E-state index is -1.86. The molecule has 11 N–H and O–H groups in total. The number of carboxylic acid groups (broad SMARTS) is 2. The summed E-state index contributed by atoms with van der Waals surface area (Å²) in [6.07, 6.45) is -2.49. The number of carbonyl (C=O) groups excluding carboxylic acids is 11. The van der Waals surface area contributed by atoms with Crippen LogP contribution in [0, 0.1) is 17.0 Å². The number of hydrogen-bond acceptors (Lipinski definition) is 15. The van der Waals surface area contributed by atoms with Crippen LogP contribution in [0.2, 0.25) is 0 Å². The molecule has 0 spiro atoms. The molecule has 0 saturated carbocycles. The zero-order chi connectivity index (χ0) is 62.6. The minimum absolute atomic E-state index is 0.104. The van der Waals surface area contributed by atoms with Crippen LogP contribution in [0.1, 0.15) is 116 Å². The van der Waals surface area contributed by atoms with Gasteiger partial charge in [-0.15, -0.1) is 5.06 Å². The predicted octanol–water partition coefficient (Wildman–Crippen LogP) is 0.352. The number of primary amides is 1. The first kappa shape index (κ1) is 67.4. The Kier molecular flexibility index (Phi) is 25.1. The normalized spacial score (nSPS) is 14.4. The summed E-state index contributed by atoms with van der Waals surface area (Å²) in [6.45, 7) is 5.77. The van der Waals surface area contributed by atoms with Gasteiger partial charge in [-0.2, -0.15) is 0 Å². The van der Waals surface area contributed by atoms with Gasteiger partial charge in [-0.25, -0.2) is 18.4 Å². The highest BCUT2D eigenvalue weighted by Crippen LogP contribution is 2.41. The van der Waals surface area contributed by atoms with Crippen molar-refractivity contribution >= 4 is 77.0 Å². The molecule has 29 heteroatoms. The molecule has 0 bridgehead atoms. The Balaban J connectivity index is 1.59. The van der Waals surface area contributed by atoms with E-state index in [4.69, 9.17) is 15.7 Å². The van der Waals surface area contributed by atoms with Crippen molar-refractivity contribution in [2.24, 2.45) is 11.1 Å². The number of aliphatic hydroxyl groups excluding tert-OH is 1. The number of carboxylic acids is 2. The van der Waals surface area contributed by atoms with Crippen molar-refractivity contribution in [3.05, 3.63) is 83.7 Å². The fourth-order valence-corrected chi connectivity index (χ4v) is 8.81. The zero-order valence-electron chi connectivity index (χ0n) is 46.9.